The molecule has 134 valence electrons. The van der Waals surface area contributed by atoms with Gasteiger partial charge in [0.1, 0.15) is 11.8 Å². The maximum Gasteiger partial charge on any atom is 0.275 e. The highest BCUT2D eigenvalue weighted by atomic mass is 35.5. The third-order valence-electron chi connectivity index (χ3n) is 4.11. The molecule has 0 aliphatic heterocycles. The summed E-state index contributed by atoms with van der Waals surface area (Å²) >= 11 is 12.0. The van der Waals surface area contributed by atoms with Crippen molar-refractivity contribution in [2.24, 2.45) is 0 Å². The van der Waals surface area contributed by atoms with Gasteiger partial charge in [-0.3, -0.25) is 4.79 Å². The summed E-state index contributed by atoms with van der Waals surface area (Å²) in [6.45, 7) is 4.29. The van der Waals surface area contributed by atoms with E-state index in [1.807, 2.05) is 49.5 Å². The van der Waals surface area contributed by atoms with Crippen molar-refractivity contribution in [1.82, 2.24) is 5.32 Å². The van der Waals surface area contributed by atoms with E-state index in [9.17, 15) is 4.79 Å². The second-order valence-electron chi connectivity index (χ2n) is 5.93. The van der Waals surface area contributed by atoms with Crippen molar-refractivity contribution in [2.45, 2.75) is 25.9 Å². The monoisotopic (exact) mass is 381 g/mol. The van der Waals surface area contributed by atoms with Gasteiger partial charge in [-0.1, -0.05) is 41.4 Å². The minimum Gasteiger partial charge on any atom is -0.496 e. The van der Waals surface area contributed by atoms with Gasteiger partial charge in [0.05, 0.1) is 28.8 Å². The molecular weight excluding hydrogens is 359 g/mol. The summed E-state index contributed by atoms with van der Waals surface area (Å²) in [6, 6.07) is 13.2. The number of methoxy groups -OCH3 is 1. The zero-order chi connectivity index (χ0) is 18.4. The van der Waals surface area contributed by atoms with E-state index < -0.39 is 0 Å². The van der Waals surface area contributed by atoms with Crippen LogP contribution >= 0.6 is 23.2 Å². The molecule has 0 unspecified atom stereocenters. The maximum atomic E-state index is 12.2. The summed E-state index contributed by atoms with van der Waals surface area (Å²) in [5, 5.41) is 5.94. The van der Waals surface area contributed by atoms with Crippen LogP contribution in [0.1, 0.15) is 37.1 Å². The van der Waals surface area contributed by atoms with Crippen LogP contribution in [0.3, 0.4) is 0 Å². The number of benzene rings is 2. The first-order valence-electron chi connectivity index (χ1n) is 8.13. The molecule has 0 bridgehead atoms. The number of amides is 1. The molecule has 4 nitrogen and oxygen atoms in total. The van der Waals surface area contributed by atoms with Gasteiger partial charge in [-0.15, -0.1) is 0 Å². The summed E-state index contributed by atoms with van der Waals surface area (Å²) in [5.74, 6) is 0.788. The Labute approximate surface area is 158 Å². The van der Waals surface area contributed by atoms with Gasteiger partial charge >= 0.3 is 0 Å². The largest absolute Gasteiger partial charge is 0.496 e. The SMILES string of the molecule is COc1ccccc1[C@@H](C)[NH2+]CC(=O)N[C@@H](C)c1ccc(Cl)c(Cl)c1. The first-order valence-corrected chi connectivity index (χ1v) is 8.88. The average molecular weight is 382 g/mol. The van der Waals surface area contributed by atoms with Crippen LogP contribution in [0.2, 0.25) is 10.0 Å². The molecule has 0 aliphatic rings. The molecule has 2 atom stereocenters. The molecule has 0 spiro atoms. The van der Waals surface area contributed by atoms with Crippen LogP contribution in [-0.2, 0) is 4.79 Å². The molecule has 3 N–H and O–H groups in total. The molecule has 2 rings (SSSR count). The van der Waals surface area contributed by atoms with Crippen LogP contribution < -0.4 is 15.4 Å². The summed E-state index contributed by atoms with van der Waals surface area (Å²) in [6.07, 6.45) is 0. The third-order valence-corrected chi connectivity index (χ3v) is 4.85. The van der Waals surface area contributed by atoms with Crippen molar-refractivity contribution < 1.29 is 14.8 Å². The molecule has 0 saturated carbocycles. The maximum absolute atomic E-state index is 12.2. The molecule has 1 amide bonds. The number of quaternary nitrogens is 1. The fraction of sp³-hybridized carbons (Fsp3) is 0.316. The van der Waals surface area contributed by atoms with Crippen LogP contribution in [0.25, 0.3) is 0 Å². The smallest absolute Gasteiger partial charge is 0.275 e. The lowest BCUT2D eigenvalue weighted by Gasteiger charge is -2.17. The number of carbonyl (C=O) groups excluding carboxylic acids is 1. The molecule has 0 radical (unpaired) electrons. The van der Waals surface area contributed by atoms with Crippen LogP contribution in [-0.4, -0.2) is 19.6 Å². The Kier molecular flexibility index (Phi) is 7.12. The van der Waals surface area contributed by atoms with Crippen LogP contribution in [0.4, 0.5) is 0 Å². The van der Waals surface area contributed by atoms with E-state index in [1.165, 1.54) is 0 Å². The van der Waals surface area contributed by atoms with Gasteiger partial charge in [0.25, 0.3) is 5.91 Å². The van der Waals surface area contributed by atoms with E-state index in [4.69, 9.17) is 27.9 Å². The summed E-state index contributed by atoms with van der Waals surface area (Å²) < 4.78 is 5.37. The van der Waals surface area contributed by atoms with Gasteiger partial charge in [-0.05, 0) is 43.7 Å². The Bertz CT molecular complexity index is 737. The molecule has 2 aromatic carbocycles. The van der Waals surface area contributed by atoms with Crippen molar-refractivity contribution in [3.8, 4) is 5.75 Å². The number of ether oxygens (including phenoxy) is 1. The molecule has 6 heteroatoms. The quantitative estimate of drug-likeness (QED) is 0.770. The number of carbonyl (C=O) groups is 1. The standard InChI is InChI=1S/C19H22Cl2N2O2/c1-12(14-8-9-16(20)17(21)10-14)23-19(24)11-22-13(2)15-6-4-5-7-18(15)25-3/h4-10,12-13,22H,11H2,1-3H3,(H,23,24)/p+1/t12-,13+/m0/s1. The zero-order valence-corrected chi connectivity index (χ0v) is 16.1. The topological polar surface area (TPSA) is 54.9 Å². The number of nitrogens with one attached hydrogen (secondary N) is 1. The minimum absolute atomic E-state index is 0.0414. The second-order valence-corrected chi connectivity index (χ2v) is 6.75. The summed E-state index contributed by atoms with van der Waals surface area (Å²) in [7, 11) is 1.65. The van der Waals surface area contributed by atoms with E-state index in [1.54, 1.807) is 19.2 Å². The van der Waals surface area contributed by atoms with Crippen molar-refractivity contribution in [2.75, 3.05) is 13.7 Å². The minimum atomic E-state index is -0.141. The van der Waals surface area contributed by atoms with E-state index >= 15 is 0 Å². The molecule has 0 heterocycles. The molecule has 2 aromatic rings. The highest BCUT2D eigenvalue weighted by Gasteiger charge is 2.17. The zero-order valence-electron chi connectivity index (χ0n) is 14.6. The number of halogens is 2. The van der Waals surface area contributed by atoms with Crippen LogP contribution in [0, 0.1) is 0 Å². The molecule has 0 fully saturated rings. The first-order chi connectivity index (χ1) is 11.9. The lowest BCUT2D eigenvalue weighted by Crippen LogP contribution is -2.87. The number of nitrogens with two attached hydrogens (primary N) is 1. The predicted octanol–water partition coefficient (Wildman–Crippen LogP) is 3.50. The predicted molar refractivity (Wildman–Crippen MR) is 101 cm³/mol. The number of hydrogen-bond donors (Lipinski definition) is 2. The van der Waals surface area contributed by atoms with Gasteiger partial charge in [-0.2, -0.15) is 0 Å². The molecular formula is C19H23Cl2N2O2+. The summed E-state index contributed by atoms with van der Waals surface area (Å²) in [4.78, 5) is 12.2. The van der Waals surface area contributed by atoms with E-state index in [0.29, 0.717) is 16.6 Å². The van der Waals surface area contributed by atoms with Gasteiger partial charge in [0.15, 0.2) is 6.54 Å². The van der Waals surface area contributed by atoms with Crippen molar-refractivity contribution in [3.05, 3.63) is 63.6 Å². The Morgan fingerprint density at radius 3 is 2.56 bits per heavy atom. The number of hydrogen-bond acceptors (Lipinski definition) is 2. The first kappa shape index (κ1) is 19.6. The van der Waals surface area contributed by atoms with Crippen molar-refractivity contribution in [3.63, 3.8) is 0 Å². The fourth-order valence-electron chi connectivity index (χ4n) is 2.62. The summed E-state index contributed by atoms with van der Waals surface area (Å²) in [5.41, 5.74) is 1.98. The lowest BCUT2D eigenvalue weighted by atomic mass is 10.1. The highest BCUT2D eigenvalue weighted by Crippen LogP contribution is 2.25. The Balaban J connectivity index is 1.90. The average Bonchev–Trinajstić information content (AvgIpc) is 2.61. The van der Waals surface area contributed by atoms with Gasteiger partial charge < -0.3 is 15.4 Å². The Hall–Kier alpha value is -1.75. The highest BCUT2D eigenvalue weighted by molar-refractivity contribution is 6.42. The molecule has 0 saturated heterocycles. The lowest BCUT2D eigenvalue weighted by molar-refractivity contribution is -0.682. The van der Waals surface area contributed by atoms with E-state index in [2.05, 4.69) is 5.32 Å². The second kappa shape index (κ2) is 9.09. The molecule has 25 heavy (non-hydrogen) atoms. The third kappa shape index (κ3) is 5.36. The van der Waals surface area contributed by atoms with E-state index in [-0.39, 0.29) is 18.0 Å². The molecule has 0 aliphatic carbocycles. The van der Waals surface area contributed by atoms with Gasteiger partial charge in [0.2, 0.25) is 0 Å². The van der Waals surface area contributed by atoms with Crippen molar-refractivity contribution >= 4 is 29.1 Å². The number of para-hydroxylation sites is 1. The Morgan fingerprint density at radius 1 is 1.16 bits per heavy atom. The van der Waals surface area contributed by atoms with Gasteiger partial charge in [0, 0.05) is 0 Å². The number of rotatable bonds is 7. The van der Waals surface area contributed by atoms with E-state index in [0.717, 1.165) is 16.9 Å². The fourth-order valence-corrected chi connectivity index (χ4v) is 2.93. The van der Waals surface area contributed by atoms with Crippen molar-refractivity contribution in [1.29, 1.82) is 0 Å². The van der Waals surface area contributed by atoms with Crippen LogP contribution in [0.15, 0.2) is 42.5 Å². The Morgan fingerprint density at radius 2 is 1.88 bits per heavy atom. The van der Waals surface area contributed by atoms with Crippen LogP contribution in [0.5, 0.6) is 5.75 Å². The van der Waals surface area contributed by atoms with Gasteiger partial charge in [-0.25, -0.2) is 0 Å². The normalized spacial score (nSPS) is 13.2. The molecule has 0 aromatic heterocycles.